The Labute approximate surface area is 233 Å². The Hall–Kier alpha value is -2.68. The van der Waals surface area contributed by atoms with Crippen LogP contribution in [0, 0.1) is 6.92 Å². The van der Waals surface area contributed by atoms with Gasteiger partial charge in [-0.05, 0) is 95.1 Å². The molecule has 3 aromatic rings. The van der Waals surface area contributed by atoms with Crippen LogP contribution in [-0.4, -0.2) is 50.6 Å². The highest BCUT2D eigenvalue weighted by molar-refractivity contribution is 7.85. The van der Waals surface area contributed by atoms with Gasteiger partial charge in [-0.15, -0.1) is 0 Å². The Kier molecular flexibility index (Phi) is 9.28. The summed E-state index contributed by atoms with van der Waals surface area (Å²) in [7, 11) is 1.02. The molecule has 0 bridgehead atoms. The molecule has 4 rings (SSSR count). The lowest BCUT2D eigenvalue weighted by atomic mass is 9.86. The summed E-state index contributed by atoms with van der Waals surface area (Å²) in [5.41, 5.74) is 4.07. The summed E-state index contributed by atoms with van der Waals surface area (Å²) >= 11 is 6.47. The molecule has 1 atom stereocenters. The topological polar surface area (TPSA) is 79.4 Å². The van der Waals surface area contributed by atoms with Crippen LogP contribution in [0.2, 0.25) is 5.02 Å². The predicted molar refractivity (Wildman–Crippen MR) is 158 cm³/mol. The highest BCUT2D eigenvalue weighted by Crippen LogP contribution is 2.38. The summed E-state index contributed by atoms with van der Waals surface area (Å²) in [5, 5.41) is 6.97. The van der Waals surface area contributed by atoms with Crippen molar-refractivity contribution >= 4 is 45.5 Å². The fraction of sp³-hybridized carbons (Fsp3) is 0.448. The van der Waals surface area contributed by atoms with Crippen molar-refractivity contribution < 1.29 is 8.95 Å². The normalized spacial score (nSPS) is 15.6. The molecule has 0 amide bonds. The Bertz CT molecular complexity index is 1290. The number of halogens is 1. The van der Waals surface area contributed by atoms with Crippen molar-refractivity contribution in [3.8, 4) is 5.75 Å². The second-order valence-corrected chi connectivity index (χ2v) is 12.8. The minimum atomic E-state index is -1.17. The highest BCUT2D eigenvalue weighted by atomic mass is 35.5. The first-order valence-corrected chi connectivity index (χ1v) is 14.8. The van der Waals surface area contributed by atoms with Crippen LogP contribution in [0.25, 0.3) is 0 Å². The molecule has 9 heteroatoms. The van der Waals surface area contributed by atoms with E-state index < -0.39 is 10.8 Å². The van der Waals surface area contributed by atoms with E-state index in [4.69, 9.17) is 16.3 Å². The largest absolute Gasteiger partial charge is 0.489 e. The zero-order valence-corrected chi connectivity index (χ0v) is 24.6. The van der Waals surface area contributed by atoms with Gasteiger partial charge in [-0.2, -0.15) is 4.98 Å². The first kappa shape index (κ1) is 28.3. The summed E-state index contributed by atoms with van der Waals surface area (Å²) < 4.78 is 19.1. The molecule has 0 spiro atoms. The van der Waals surface area contributed by atoms with Gasteiger partial charge in [0.15, 0.2) is 5.82 Å². The maximum atomic E-state index is 12.8. The second-order valence-electron chi connectivity index (χ2n) is 10.4. The molecule has 2 heterocycles. The highest BCUT2D eigenvalue weighted by Gasteiger charge is 2.22. The zero-order chi connectivity index (χ0) is 27.4. The fourth-order valence-electron chi connectivity index (χ4n) is 4.67. The minimum Gasteiger partial charge on any atom is -0.489 e. The van der Waals surface area contributed by atoms with E-state index in [0.717, 1.165) is 37.4 Å². The average molecular weight is 556 g/mol. The fourth-order valence-corrected chi connectivity index (χ4v) is 5.87. The van der Waals surface area contributed by atoms with E-state index >= 15 is 0 Å². The molecule has 0 aliphatic carbocycles. The molecule has 204 valence electrons. The molecule has 7 nitrogen and oxygen atoms in total. The summed E-state index contributed by atoms with van der Waals surface area (Å²) in [6.07, 6.45) is 3.86. The number of anilines is 4. The van der Waals surface area contributed by atoms with Crippen LogP contribution >= 0.6 is 11.6 Å². The molecule has 2 aromatic carbocycles. The number of piperidine rings is 1. The maximum absolute atomic E-state index is 12.8. The lowest BCUT2D eigenvalue weighted by Gasteiger charge is -2.30. The monoisotopic (exact) mass is 555 g/mol. The van der Waals surface area contributed by atoms with Crippen LogP contribution in [0.15, 0.2) is 47.5 Å². The summed E-state index contributed by atoms with van der Waals surface area (Å²) in [5.74, 6) is 2.13. The number of rotatable bonds is 9. The zero-order valence-electron chi connectivity index (χ0n) is 23.0. The van der Waals surface area contributed by atoms with Gasteiger partial charge in [-0.25, -0.2) is 4.98 Å². The van der Waals surface area contributed by atoms with Crippen LogP contribution < -0.4 is 15.4 Å². The molecule has 1 unspecified atom stereocenters. The summed E-state index contributed by atoms with van der Waals surface area (Å²) in [6, 6.07) is 11.8. The number of para-hydroxylation sites is 1. The van der Waals surface area contributed by atoms with Crippen molar-refractivity contribution in [2.45, 2.75) is 69.6 Å². The smallest absolute Gasteiger partial charge is 0.229 e. The Balaban J connectivity index is 1.63. The van der Waals surface area contributed by atoms with E-state index in [0.29, 0.717) is 33.3 Å². The molecule has 0 saturated carbocycles. The number of hydrogen-bond donors (Lipinski definition) is 2. The number of benzene rings is 2. The molecule has 1 fully saturated rings. The molecular weight excluding hydrogens is 518 g/mol. The predicted octanol–water partition coefficient (Wildman–Crippen LogP) is 7.04. The Morgan fingerprint density at radius 3 is 2.47 bits per heavy atom. The molecule has 0 radical (unpaired) electrons. The van der Waals surface area contributed by atoms with Crippen molar-refractivity contribution in [2.75, 3.05) is 30.8 Å². The van der Waals surface area contributed by atoms with Crippen LogP contribution in [0.4, 0.5) is 23.1 Å². The van der Waals surface area contributed by atoms with Gasteiger partial charge in [-0.3, -0.25) is 4.21 Å². The second kappa shape index (κ2) is 12.5. The van der Waals surface area contributed by atoms with Crippen molar-refractivity contribution in [2.24, 2.45) is 0 Å². The van der Waals surface area contributed by atoms with Gasteiger partial charge in [0.2, 0.25) is 5.95 Å². The number of likely N-dealkylation sites (tertiary alicyclic amines) is 1. The van der Waals surface area contributed by atoms with E-state index in [1.807, 2.05) is 52.0 Å². The molecule has 1 aliphatic rings. The van der Waals surface area contributed by atoms with E-state index in [1.54, 1.807) is 6.20 Å². The van der Waals surface area contributed by atoms with E-state index in [9.17, 15) is 4.21 Å². The number of nitrogens with zero attached hydrogens (tertiary/aromatic N) is 3. The number of hydrogen-bond acceptors (Lipinski definition) is 7. The lowest BCUT2D eigenvalue weighted by molar-refractivity contribution is 0.241. The molecule has 1 aromatic heterocycles. The molecular formula is C29H38ClN5O2S. The van der Waals surface area contributed by atoms with Gasteiger partial charge in [-0.1, -0.05) is 37.6 Å². The van der Waals surface area contributed by atoms with Crippen molar-refractivity contribution in [3.63, 3.8) is 0 Å². The quantitative estimate of drug-likeness (QED) is 0.293. The first-order chi connectivity index (χ1) is 18.1. The van der Waals surface area contributed by atoms with E-state index in [-0.39, 0.29) is 11.4 Å². The third-order valence-electron chi connectivity index (χ3n) is 6.66. The molecule has 1 saturated heterocycles. The van der Waals surface area contributed by atoms with Gasteiger partial charge >= 0.3 is 0 Å². The lowest BCUT2D eigenvalue weighted by Crippen LogP contribution is -2.29. The third-order valence-corrected chi connectivity index (χ3v) is 8.59. The Morgan fingerprint density at radius 1 is 1.08 bits per heavy atom. The van der Waals surface area contributed by atoms with Crippen LogP contribution in [0.5, 0.6) is 5.75 Å². The minimum absolute atomic E-state index is 0.0174. The number of aryl methyl sites for hydroxylation is 1. The van der Waals surface area contributed by atoms with E-state index in [1.165, 1.54) is 11.1 Å². The van der Waals surface area contributed by atoms with Gasteiger partial charge in [0.25, 0.3) is 0 Å². The molecule has 1 aliphatic heterocycles. The number of nitrogens with one attached hydrogen (secondary N) is 2. The van der Waals surface area contributed by atoms with Crippen LogP contribution in [0.3, 0.4) is 0 Å². The summed E-state index contributed by atoms with van der Waals surface area (Å²) in [4.78, 5) is 12.2. The summed E-state index contributed by atoms with van der Waals surface area (Å²) in [6.45, 7) is 12.3. The van der Waals surface area contributed by atoms with Gasteiger partial charge in [0.05, 0.1) is 39.4 Å². The maximum Gasteiger partial charge on any atom is 0.229 e. The van der Waals surface area contributed by atoms with Crippen molar-refractivity contribution in [1.29, 1.82) is 0 Å². The van der Waals surface area contributed by atoms with Crippen LogP contribution in [0.1, 0.15) is 57.6 Å². The average Bonchev–Trinajstić information content (AvgIpc) is 2.87. The third kappa shape index (κ3) is 6.84. The van der Waals surface area contributed by atoms with Gasteiger partial charge in [0, 0.05) is 5.25 Å². The van der Waals surface area contributed by atoms with Crippen LogP contribution in [-0.2, 0) is 10.8 Å². The number of ether oxygens (including phenoxy) is 1. The number of aromatic nitrogens is 2. The molecule has 38 heavy (non-hydrogen) atoms. The Morgan fingerprint density at radius 2 is 1.79 bits per heavy atom. The molecule has 2 N–H and O–H groups in total. The van der Waals surface area contributed by atoms with E-state index in [2.05, 4.69) is 51.6 Å². The van der Waals surface area contributed by atoms with Crippen molar-refractivity contribution in [1.82, 2.24) is 14.9 Å². The first-order valence-electron chi connectivity index (χ1n) is 13.2. The SMILES string of the molecule is Cc1cc(Nc2ncc(Cl)c(Nc3ccccc3S(=O)C(C)C)n2)c(OC(C)C)cc1C1CCN(C)CC1. The van der Waals surface area contributed by atoms with Gasteiger partial charge < -0.3 is 20.3 Å². The standard InChI is InChI=1S/C29H38ClN5O2S/c1-18(2)37-26-16-22(21-11-13-35(6)14-12-21)20(5)15-25(26)33-29-31-17-23(30)28(34-29)32-24-9-7-8-10-27(24)38(36)19(3)4/h7-10,15-19,21H,11-14H2,1-6H3,(H2,31,32,33,34). The van der Waals surface area contributed by atoms with Gasteiger partial charge in [0.1, 0.15) is 10.8 Å². The van der Waals surface area contributed by atoms with Crippen molar-refractivity contribution in [3.05, 3.63) is 58.7 Å².